The van der Waals surface area contributed by atoms with Crippen LogP contribution in [-0.4, -0.2) is 45.7 Å². The summed E-state index contributed by atoms with van der Waals surface area (Å²) in [6.45, 7) is 5.43. The van der Waals surface area contributed by atoms with Crippen LogP contribution in [0.2, 0.25) is 0 Å². The fourth-order valence-electron chi connectivity index (χ4n) is 2.50. The monoisotopic (exact) mass is 292 g/mol. The number of likely N-dealkylation sites (tertiary alicyclic amines) is 1. The number of thiophene rings is 1. The van der Waals surface area contributed by atoms with E-state index in [-0.39, 0.29) is 6.10 Å². The number of anilines is 1. The van der Waals surface area contributed by atoms with Crippen LogP contribution in [0.4, 0.5) is 5.82 Å². The molecule has 0 amide bonds. The highest BCUT2D eigenvalue weighted by molar-refractivity contribution is 7.16. The molecule has 108 valence electrons. The van der Waals surface area contributed by atoms with Crippen molar-refractivity contribution in [2.75, 3.05) is 25.0 Å². The number of β-amino-alcohol motifs (C(OH)–C–C–N with tert-alkyl or cyclic N) is 1. The van der Waals surface area contributed by atoms with Gasteiger partial charge < -0.3 is 10.4 Å². The summed E-state index contributed by atoms with van der Waals surface area (Å²) in [5.74, 6) is 1.78. The van der Waals surface area contributed by atoms with Crippen LogP contribution in [-0.2, 0) is 6.54 Å². The highest BCUT2D eigenvalue weighted by Crippen LogP contribution is 2.25. The Morgan fingerprint density at radius 3 is 3.15 bits per heavy atom. The van der Waals surface area contributed by atoms with E-state index in [1.807, 2.05) is 0 Å². The van der Waals surface area contributed by atoms with Crippen molar-refractivity contribution >= 4 is 27.4 Å². The van der Waals surface area contributed by atoms with Crippen molar-refractivity contribution < 1.29 is 5.11 Å². The van der Waals surface area contributed by atoms with E-state index in [9.17, 15) is 5.11 Å². The minimum atomic E-state index is -0.196. The lowest BCUT2D eigenvalue weighted by molar-refractivity contribution is 0.174. The van der Waals surface area contributed by atoms with Gasteiger partial charge in [-0.2, -0.15) is 0 Å². The maximum Gasteiger partial charge on any atom is 0.146 e. The van der Waals surface area contributed by atoms with Gasteiger partial charge in [-0.3, -0.25) is 4.90 Å². The van der Waals surface area contributed by atoms with Gasteiger partial charge in [-0.05, 0) is 24.3 Å². The lowest BCUT2D eigenvalue weighted by atomic mass is 10.3. The largest absolute Gasteiger partial charge is 0.392 e. The molecule has 20 heavy (non-hydrogen) atoms. The van der Waals surface area contributed by atoms with Crippen LogP contribution >= 0.6 is 11.3 Å². The second kappa shape index (κ2) is 6.03. The number of aromatic nitrogens is 2. The zero-order valence-corrected chi connectivity index (χ0v) is 12.5. The third kappa shape index (κ3) is 2.92. The van der Waals surface area contributed by atoms with E-state index >= 15 is 0 Å². The number of hydrogen-bond donors (Lipinski definition) is 2. The molecule has 2 aromatic rings. The number of hydrogen-bond acceptors (Lipinski definition) is 6. The molecule has 3 heterocycles. The topological polar surface area (TPSA) is 61.3 Å². The summed E-state index contributed by atoms with van der Waals surface area (Å²) in [5, 5.41) is 16.1. The minimum absolute atomic E-state index is 0.196. The molecule has 1 fully saturated rings. The van der Waals surface area contributed by atoms with Crippen molar-refractivity contribution in [2.24, 2.45) is 0 Å². The SMILES string of the molecule is CCCNc1nc(CN2CCC(O)C2)nc2sccc12. The Kier molecular flexibility index (Phi) is 4.14. The first kappa shape index (κ1) is 13.7. The van der Waals surface area contributed by atoms with Crippen molar-refractivity contribution in [3.8, 4) is 0 Å². The highest BCUT2D eigenvalue weighted by atomic mass is 32.1. The van der Waals surface area contributed by atoms with E-state index < -0.39 is 0 Å². The molecular formula is C14H20N4OS. The molecule has 1 aliphatic heterocycles. The molecule has 2 aromatic heterocycles. The molecular weight excluding hydrogens is 272 g/mol. The fraction of sp³-hybridized carbons (Fsp3) is 0.571. The average Bonchev–Trinajstić information content (AvgIpc) is 3.05. The van der Waals surface area contributed by atoms with Crippen molar-refractivity contribution in [1.82, 2.24) is 14.9 Å². The van der Waals surface area contributed by atoms with E-state index in [0.717, 1.165) is 54.3 Å². The quantitative estimate of drug-likeness (QED) is 0.883. The number of fused-ring (bicyclic) bond motifs is 1. The van der Waals surface area contributed by atoms with E-state index in [0.29, 0.717) is 6.54 Å². The number of aliphatic hydroxyl groups excluding tert-OH is 1. The Bertz CT molecular complexity index is 586. The summed E-state index contributed by atoms with van der Waals surface area (Å²) in [4.78, 5) is 12.5. The molecule has 0 spiro atoms. The van der Waals surface area contributed by atoms with Gasteiger partial charge in [0.2, 0.25) is 0 Å². The zero-order valence-electron chi connectivity index (χ0n) is 11.7. The summed E-state index contributed by atoms with van der Waals surface area (Å²) in [6, 6.07) is 2.07. The Labute approximate surface area is 122 Å². The van der Waals surface area contributed by atoms with Gasteiger partial charge in [0, 0.05) is 19.6 Å². The van der Waals surface area contributed by atoms with Gasteiger partial charge in [0.05, 0.1) is 18.0 Å². The first-order valence-electron chi connectivity index (χ1n) is 7.14. The van der Waals surface area contributed by atoms with Gasteiger partial charge in [0.15, 0.2) is 0 Å². The van der Waals surface area contributed by atoms with Gasteiger partial charge in [-0.1, -0.05) is 6.92 Å². The molecule has 0 radical (unpaired) electrons. The lowest BCUT2D eigenvalue weighted by Crippen LogP contribution is -2.23. The van der Waals surface area contributed by atoms with E-state index in [4.69, 9.17) is 0 Å². The number of nitrogens with one attached hydrogen (secondary N) is 1. The van der Waals surface area contributed by atoms with Crippen LogP contribution in [0.25, 0.3) is 10.2 Å². The molecule has 5 nitrogen and oxygen atoms in total. The molecule has 6 heteroatoms. The van der Waals surface area contributed by atoms with Crippen molar-refractivity contribution in [3.63, 3.8) is 0 Å². The third-order valence-corrected chi connectivity index (χ3v) is 4.33. The first-order valence-corrected chi connectivity index (χ1v) is 8.02. The van der Waals surface area contributed by atoms with Gasteiger partial charge in [-0.15, -0.1) is 11.3 Å². The van der Waals surface area contributed by atoms with Gasteiger partial charge in [0.1, 0.15) is 16.5 Å². The average molecular weight is 292 g/mol. The maximum absolute atomic E-state index is 9.59. The first-order chi connectivity index (χ1) is 9.76. The minimum Gasteiger partial charge on any atom is -0.392 e. The summed E-state index contributed by atoms with van der Waals surface area (Å²) in [5.41, 5.74) is 0. The number of nitrogens with zero attached hydrogens (tertiary/aromatic N) is 3. The highest BCUT2D eigenvalue weighted by Gasteiger charge is 2.21. The molecule has 3 rings (SSSR count). The summed E-state index contributed by atoms with van der Waals surface area (Å²) in [7, 11) is 0. The van der Waals surface area contributed by atoms with Crippen LogP contribution < -0.4 is 5.32 Å². The van der Waals surface area contributed by atoms with Gasteiger partial charge in [0.25, 0.3) is 0 Å². The summed E-state index contributed by atoms with van der Waals surface area (Å²) >= 11 is 1.65. The zero-order chi connectivity index (χ0) is 13.9. The normalized spacial score (nSPS) is 19.8. The Morgan fingerprint density at radius 2 is 2.40 bits per heavy atom. The fourth-order valence-corrected chi connectivity index (χ4v) is 3.29. The molecule has 0 aromatic carbocycles. The summed E-state index contributed by atoms with van der Waals surface area (Å²) < 4.78 is 0. The van der Waals surface area contributed by atoms with E-state index in [1.165, 1.54) is 0 Å². The summed E-state index contributed by atoms with van der Waals surface area (Å²) in [6.07, 6.45) is 1.73. The molecule has 1 atom stereocenters. The van der Waals surface area contributed by atoms with Crippen LogP contribution in [0.1, 0.15) is 25.6 Å². The Morgan fingerprint density at radius 1 is 1.50 bits per heavy atom. The molecule has 1 aliphatic rings. The van der Waals surface area contributed by atoms with Crippen LogP contribution in [0.3, 0.4) is 0 Å². The standard InChI is InChI=1S/C14H20N4OS/c1-2-5-15-13-11-4-7-20-14(11)17-12(16-13)9-18-6-3-10(19)8-18/h4,7,10,19H,2-3,5-6,8-9H2,1H3,(H,15,16,17). The van der Waals surface area contributed by atoms with Gasteiger partial charge in [-0.25, -0.2) is 9.97 Å². The number of aliphatic hydroxyl groups is 1. The predicted molar refractivity (Wildman–Crippen MR) is 82.1 cm³/mol. The molecule has 0 saturated carbocycles. The van der Waals surface area contributed by atoms with Crippen LogP contribution in [0, 0.1) is 0 Å². The number of rotatable bonds is 5. The molecule has 2 N–H and O–H groups in total. The molecule has 0 aliphatic carbocycles. The van der Waals surface area contributed by atoms with Crippen molar-refractivity contribution in [1.29, 1.82) is 0 Å². The smallest absolute Gasteiger partial charge is 0.146 e. The molecule has 0 bridgehead atoms. The third-order valence-electron chi connectivity index (χ3n) is 3.53. The molecule has 1 saturated heterocycles. The van der Waals surface area contributed by atoms with E-state index in [2.05, 4.69) is 38.6 Å². The van der Waals surface area contributed by atoms with Crippen LogP contribution in [0.15, 0.2) is 11.4 Å². The Balaban J connectivity index is 1.83. The lowest BCUT2D eigenvalue weighted by Gasteiger charge is -2.14. The molecule has 1 unspecified atom stereocenters. The Hall–Kier alpha value is -1.24. The van der Waals surface area contributed by atoms with Crippen molar-refractivity contribution in [3.05, 3.63) is 17.3 Å². The van der Waals surface area contributed by atoms with Gasteiger partial charge >= 0.3 is 0 Å². The second-order valence-electron chi connectivity index (χ2n) is 5.23. The maximum atomic E-state index is 9.59. The van der Waals surface area contributed by atoms with Crippen LogP contribution in [0.5, 0.6) is 0 Å². The van der Waals surface area contributed by atoms with Crippen molar-refractivity contribution in [2.45, 2.75) is 32.4 Å². The predicted octanol–water partition coefficient (Wildman–Crippen LogP) is 2.08. The second-order valence-corrected chi connectivity index (χ2v) is 6.13. The van der Waals surface area contributed by atoms with E-state index in [1.54, 1.807) is 11.3 Å².